The van der Waals surface area contributed by atoms with Gasteiger partial charge in [-0.15, -0.1) is 0 Å². The van der Waals surface area contributed by atoms with Gasteiger partial charge in [-0.25, -0.2) is 0 Å². The summed E-state index contributed by atoms with van der Waals surface area (Å²) in [4.78, 5) is 0. The molecule has 0 saturated carbocycles. The number of halogens is 1. The first-order chi connectivity index (χ1) is 1.00. The Labute approximate surface area is 41.7 Å². The van der Waals surface area contributed by atoms with Gasteiger partial charge in [-0.05, 0) is 0 Å². The Morgan fingerprint density at radius 3 is 1.25 bits per heavy atom. The third-order valence-corrected chi connectivity index (χ3v) is 0. The van der Waals surface area contributed by atoms with E-state index in [0.717, 1.165) is 0 Å². The monoisotopic (exact) mass is 172 g/mol. The molecule has 4 heteroatoms. The average molecular weight is 172 g/mol. The van der Waals surface area contributed by atoms with Gasteiger partial charge < -0.3 is 18.6 Å². The topological polar surface area (TPSA) is 56.7 Å². The van der Waals surface area contributed by atoms with E-state index in [1.807, 2.05) is 0 Å². The molecule has 4 heavy (non-hydrogen) atoms. The summed E-state index contributed by atoms with van der Waals surface area (Å²) in [6.45, 7) is 0. The van der Waals surface area contributed by atoms with Crippen LogP contribution in [-0.4, -0.2) is 3.93 Å². The summed E-state index contributed by atoms with van der Waals surface area (Å²) in [5, 5.41) is 0. The van der Waals surface area contributed by atoms with Crippen molar-refractivity contribution >= 4 is 0 Å². The minimum atomic E-state index is 0. The van der Waals surface area contributed by atoms with E-state index in [0.29, 0.717) is 0 Å². The van der Waals surface area contributed by atoms with Gasteiger partial charge in [0.15, 0.2) is 0 Å². The van der Waals surface area contributed by atoms with E-state index in [-0.39, 0.29) is 18.6 Å². The van der Waals surface area contributed by atoms with Crippen LogP contribution in [0.2, 0.25) is 0 Å². The van der Waals surface area contributed by atoms with E-state index < -0.39 is 0 Å². The van der Waals surface area contributed by atoms with Crippen LogP contribution in [0.1, 0.15) is 0 Å². The quantitative estimate of drug-likeness (QED) is 0.371. The fourth-order valence-electron chi connectivity index (χ4n) is 0. The van der Waals surface area contributed by atoms with Gasteiger partial charge in [-0.2, -0.15) is 0 Å². The number of quaternary nitrogens is 1. The Morgan fingerprint density at radius 1 is 1.25 bits per heavy atom. The molecular formula is H5ClNORu. The van der Waals surface area contributed by atoms with Crippen LogP contribution in [0.25, 0.3) is 0 Å². The van der Waals surface area contributed by atoms with Crippen LogP contribution in [-0.2, 0) is 18.7 Å². The van der Waals surface area contributed by atoms with Crippen LogP contribution >= 0.6 is 0 Å². The molecule has 5 N–H and O–H groups in total. The summed E-state index contributed by atoms with van der Waals surface area (Å²) < 4.78 is 6.93. The van der Waals surface area contributed by atoms with Gasteiger partial charge in [0.25, 0.3) is 0 Å². The van der Waals surface area contributed by atoms with E-state index in [2.05, 4.69) is 0 Å². The van der Waals surface area contributed by atoms with Crippen molar-refractivity contribution in [3.63, 3.8) is 0 Å². The molecule has 0 fully saturated rings. The fourth-order valence-corrected chi connectivity index (χ4v) is 0. The molecule has 0 aromatic heterocycles. The zero-order chi connectivity index (χ0) is 2.00. The molecule has 0 spiro atoms. The zero-order valence-corrected chi connectivity index (χ0v) is 4.67. The van der Waals surface area contributed by atoms with Gasteiger partial charge in [0.1, 0.15) is 0 Å². The average Bonchev–Trinajstić information content (AvgIpc) is 1.00. The van der Waals surface area contributed by atoms with Crippen LogP contribution in [0.15, 0.2) is 0 Å². The summed E-state index contributed by atoms with van der Waals surface area (Å²) in [6, 6.07) is 0. The molecule has 0 unspecified atom stereocenters. The maximum absolute atomic E-state index is 6.93. The van der Waals surface area contributed by atoms with Gasteiger partial charge in [-0.1, -0.05) is 0 Å². The predicted molar refractivity (Wildman–Crippen MR) is 8.20 cm³/mol. The Hall–Kier alpha value is 0.833. The van der Waals surface area contributed by atoms with Crippen molar-refractivity contribution in [2.75, 3.05) is 0 Å². The van der Waals surface area contributed by atoms with Gasteiger partial charge in [0, 0.05) is 0 Å². The van der Waals surface area contributed by atoms with Crippen molar-refractivity contribution < 1.29 is 35.0 Å². The molecule has 31 valence electrons. The molecule has 0 rings (SSSR count). The number of hydrogen-bond acceptors (Lipinski definition) is 1. The SMILES string of the molecule is [Cl-].[NH4+].[OH][Ru]. The van der Waals surface area contributed by atoms with Crippen molar-refractivity contribution in [3.05, 3.63) is 0 Å². The van der Waals surface area contributed by atoms with E-state index in [9.17, 15) is 0 Å². The summed E-state index contributed by atoms with van der Waals surface area (Å²) in [5.74, 6) is 0. The number of hydrogen-bond donors (Lipinski definition) is 2. The zero-order valence-electron chi connectivity index (χ0n) is 2.18. The minimum absolute atomic E-state index is 0. The van der Waals surface area contributed by atoms with Crippen molar-refractivity contribution in [3.8, 4) is 0 Å². The molecule has 0 bridgehead atoms. The second-order valence-electron chi connectivity index (χ2n) is 0. The van der Waals surface area contributed by atoms with Gasteiger partial charge in [-0.3, -0.25) is 0 Å². The molecule has 0 aliphatic rings. The molecule has 0 aliphatic heterocycles. The summed E-state index contributed by atoms with van der Waals surface area (Å²) in [5.41, 5.74) is 0. The van der Waals surface area contributed by atoms with Gasteiger partial charge >= 0.3 is 22.6 Å². The Balaban J connectivity index is -0.00000000500. The Kier molecular flexibility index (Phi) is 234. The van der Waals surface area contributed by atoms with Crippen LogP contribution in [0.3, 0.4) is 0 Å². The Bertz CT molecular complexity index is 8.00. The normalized spacial score (nSPS) is 1.50. The second-order valence-corrected chi connectivity index (χ2v) is 0. The molecule has 0 amide bonds. The molecule has 0 radical (unpaired) electrons. The third kappa shape index (κ3) is 13.7. The molecule has 0 aromatic carbocycles. The van der Waals surface area contributed by atoms with Crippen LogP contribution in [0.5, 0.6) is 0 Å². The molecule has 0 aromatic rings. The van der Waals surface area contributed by atoms with Crippen molar-refractivity contribution in [1.29, 1.82) is 0 Å². The van der Waals surface area contributed by atoms with E-state index in [1.54, 1.807) is 0 Å². The molecular weight excluding hydrogens is 167 g/mol. The van der Waals surface area contributed by atoms with Crippen molar-refractivity contribution in [2.45, 2.75) is 0 Å². The van der Waals surface area contributed by atoms with Crippen molar-refractivity contribution in [1.82, 2.24) is 6.15 Å². The number of rotatable bonds is 0. The second kappa shape index (κ2) is 44.3. The third-order valence-electron chi connectivity index (χ3n) is 0. The van der Waals surface area contributed by atoms with E-state index in [1.165, 1.54) is 18.7 Å². The molecule has 0 saturated heterocycles. The van der Waals surface area contributed by atoms with Crippen LogP contribution in [0.4, 0.5) is 0 Å². The van der Waals surface area contributed by atoms with Crippen LogP contribution < -0.4 is 18.6 Å². The van der Waals surface area contributed by atoms with Gasteiger partial charge in [0.05, 0.1) is 0 Å². The van der Waals surface area contributed by atoms with Gasteiger partial charge in [0.2, 0.25) is 0 Å². The summed E-state index contributed by atoms with van der Waals surface area (Å²) in [6.07, 6.45) is 0. The molecule has 2 nitrogen and oxygen atoms in total. The standard InChI is InChI=1S/ClH.H3N.H2O.Ru/h1H;1H3;1H2;/q;;;+1/p-1. The maximum atomic E-state index is 6.93. The van der Waals surface area contributed by atoms with E-state index in [4.69, 9.17) is 3.93 Å². The first kappa shape index (κ1) is 21.1. The molecule has 0 atom stereocenters. The predicted octanol–water partition coefficient (Wildman–Crippen LogP) is -3.18. The van der Waals surface area contributed by atoms with Crippen LogP contribution in [0, 0.1) is 0 Å². The summed E-state index contributed by atoms with van der Waals surface area (Å²) in [7, 11) is 0. The fraction of sp³-hybridized carbons (Fsp3) is 0. The first-order valence-corrected chi connectivity index (χ1v) is 0.935. The Morgan fingerprint density at radius 2 is 1.25 bits per heavy atom. The summed E-state index contributed by atoms with van der Waals surface area (Å²) >= 11 is 1.35. The van der Waals surface area contributed by atoms with E-state index >= 15 is 0 Å². The molecule has 0 heterocycles. The molecule has 0 aliphatic carbocycles. The van der Waals surface area contributed by atoms with Crippen molar-refractivity contribution in [2.24, 2.45) is 0 Å². The first-order valence-electron chi connectivity index (χ1n) is 0.158.